The lowest BCUT2D eigenvalue weighted by Gasteiger charge is -2.32. The predicted octanol–water partition coefficient (Wildman–Crippen LogP) is 0.610. The second kappa shape index (κ2) is 6.47. The zero-order valence-corrected chi connectivity index (χ0v) is 10.9. The lowest BCUT2D eigenvalue weighted by Crippen LogP contribution is -2.57. The summed E-state index contributed by atoms with van der Waals surface area (Å²) in [7, 11) is 0. The van der Waals surface area contributed by atoms with Gasteiger partial charge in [-0.15, -0.1) is 0 Å². The van der Waals surface area contributed by atoms with Crippen LogP contribution in [0.3, 0.4) is 0 Å². The number of rotatable bonds is 5. The summed E-state index contributed by atoms with van der Waals surface area (Å²) < 4.78 is 5.22. The second-order valence-corrected chi connectivity index (χ2v) is 5.45. The van der Waals surface area contributed by atoms with E-state index in [1.165, 1.54) is 0 Å². The van der Waals surface area contributed by atoms with E-state index in [1.807, 2.05) is 0 Å². The van der Waals surface area contributed by atoms with Gasteiger partial charge in [0.15, 0.2) is 0 Å². The van der Waals surface area contributed by atoms with Gasteiger partial charge in [0.1, 0.15) is 0 Å². The highest BCUT2D eigenvalue weighted by molar-refractivity contribution is 7.98. The van der Waals surface area contributed by atoms with Crippen LogP contribution >= 0.6 is 11.8 Å². The molecular weight excluding hydrogens is 224 g/mol. The van der Waals surface area contributed by atoms with Crippen molar-refractivity contribution in [3.05, 3.63) is 0 Å². The van der Waals surface area contributed by atoms with E-state index in [0.717, 1.165) is 5.75 Å². The summed E-state index contributed by atoms with van der Waals surface area (Å²) in [4.78, 5) is 11.9. The van der Waals surface area contributed by atoms with Gasteiger partial charge in [0, 0.05) is 19.8 Å². The Morgan fingerprint density at radius 1 is 1.56 bits per heavy atom. The van der Waals surface area contributed by atoms with Gasteiger partial charge in [0.05, 0.1) is 5.54 Å². The van der Waals surface area contributed by atoms with Gasteiger partial charge in [0.2, 0.25) is 5.91 Å². The predicted molar refractivity (Wildman–Crippen MR) is 67.5 cm³/mol. The number of hydrogen-bond acceptors (Lipinski definition) is 4. The molecule has 0 radical (unpaired) electrons. The van der Waals surface area contributed by atoms with Crippen molar-refractivity contribution in [2.75, 3.05) is 31.8 Å². The van der Waals surface area contributed by atoms with Gasteiger partial charge >= 0.3 is 0 Å². The van der Waals surface area contributed by atoms with Gasteiger partial charge in [-0.05, 0) is 30.8 Å². The third kappa shape index (κ3) is 3.96. The number of ether oxygens (including phenoxy) is 1. The van der Waals surface area contributed by atoms with Crippen LogP contribution in [0.4, 0.5) is 0 Å². The molecule has 4 nitrogen and oxygen atoms in total. The van der Waals surface area contributed by atoms with E-state index in [2.05, 4.69) is 18.5 Å². The summed E-state index contributed by atoms with van der Waals surface area (Å²) in [5, 5.41) is 2.94. The monoisotopic (exact) mass is 246 g/mol. The molecule has 0 aromatic carbocycles. The maximum Gasteiger partial charge on any atom is 0.240 e. The van der Waals surface area contributed by atoms with E-state index in [-0.39, 0.29) is 5.91 Å². The van der Waals surface area contributed by atoms with Crippen molar-refractivity contribution in [1.82, 2.24) is 5.32 Å². The Kier molecular flexibility index (Phi) is 5.58. The second-order valence-electron chi connectivity index (χ2n) is 4.54. The van der Waals surface area contributed by atoms with Gasteiger partial charge in [0.25, 0.3) is 0 Å². The average molecular weight is 246 g/mol. The minimum Gasteiger partial charge on any atom is -0.381 e. The third-order valence-electron chi connectivity index (χ3n) is 2.90. The molecule has 1 aliphatic rings. The summed E-state index contributed by atoms with van der Waals surface area (Å²) in [6.45, 7) is 4.01. The number of nitrogens with one attached hydrogen (secondary N) is 1. The number of carbonyl (C=O) groups excluding carboxylic acids is 1. The summed E-state index contributed by atoms with van der Waals surface area (Å²) in [6, 6.07) is 0. The van der Waals surface area contributed by atoms with Crippen LogP contribution in [-0.2, 0) is 9.53 Å². The van der Waals surface area contributed by atoms with Crippen LogP contribution in [-0.4, -0.2) is 43.2 Å². The molecule has 3 N–H and O–H groups in total. The maximum absolute atomic E-state index is 11.9. The molecule has 0 aromatic rings. The van der Waals surface area contributed by atoms with Gasteiger partial charge in [-0.25, -0.2) is 0 Å². The standard InChI is InChI=1S/C11H22N2O2S/c1-9(8-16-2)7-13-10(14)11(12)3-5-15-6-4-11/h9H,3-8,12H2,1-2H3,(H,13,14). The molecule has 5 heteroatoms. The van der Waals surface area contributed by atoms with E-state index in [0.29, 0.717) is 38.5 Å². The molecule has 1 saturated heterocycles. The van der Waals surface area contributed by atoms with Gasteiger partial charge in [-0.1, -0.05) is 6.92 Å². The molecule has 0 bridgehead atoms. The van der Waals surface area contributed by atoms with Crippen molar-refractivity contribution >= 4 is 17.7 Å². The minimum absolute atomic E-state index is 0.0243. The largest absolute Gasteiger partial charge is 0.381 e. The first-order valence-electron chi connectivity index (χ1n) is 5.72. The Bertz CT molecular complexity index is 230. The van der Waals surface area contributed by atoms with Crippen LogP contribution in [0.2, 0.25) is 0 Å². The fraction of sp³-hybridized carbons (Fsp3) is 0.909. The van der Waals surface area contributed by atoms with E-state index in [1.54, 1.807) is 11.8 Å². The lowest BCUT2D eigenvalue weighted by molar-refractivity contribution is -0.129. The van der Waals surface area contributed by atoms with Crippen molar-refractivity contribution in [1.29, 1.82) is 0 Å². The minimum atomic E-state index is -0.711. The summed E-state index contributed by atoms with van der Waals surface area (Å²) in [5.41, 5.74) is 5.35. The summed E-state index contributed by atoms with van der Waals surface area (Å²) in [6.07, 6.45) is 3.31. The quantitative estimate of drug-likeness (QED) is 0.746. The van der Waals surface area contributed by atoms with Crippen molar-refractivity contribution in [3.63, 3.8) is 0 Å². The zero-order valence-electron chi connectivity index (χ0n) is 10.1. The van der Waals surface area contributed by atoms with Gasteiger partial charge in [-0.3, -0.25) is 4.79 Å². The number of amides is 1. The van der Waals surface area contributed by atoms with Crippen LogP contribution in [0.5, 0.6) is 0 Å². The first kappa shape index (κ1) is 13.8. The first-order chi connectivity index (χ1) is 7.58. The van der Waals surface area contributed by atoms with E-state index in [9.17, 15) is 4.79 Å². The van der Waals surface area contributed by atoms with Crippen LogP contribution < -0.4 is 11.1 Å². The molecular formula is C11H22N2O2S. The summed E-state index contributed by atoms with van der Waals surface area (Å²) in [5.74, 6) is 1.52. The average Bonchev–Trinajstić information content (AvgIpc) is 2.27. The van der Waals surface area contributed by atoms with Crippen molar-refractivity contribution in [2.24, 2.45) is 11.7 Å². The molecule has 0 aliphatic carbocycles. The van der Waals surface area contributed by atoms with Crippen LogP contribution in [0.15, 0.2) is 0 Å². The Labute approximate surface area is 102 Å². The highest BCUT2D eigenvalue weighted by Crippen LogP contribution is 2.17. The summed E-state index contributed by atoms with van der Waals surface area (Å²) >= 11 is 1.79. The van der Waals surface area contributed by atoms with Crippen molar-refractivity contribution in [2.45, 2.75) is 25.3 Å². The van der Waals surface area contributed by atoms with Gasteiger partial charge < -0.3 is 15.8 Å². The third-order valence-corrected chi connectivity index (χ3v) is 3.80. The number of hydrogen-bond donors (Lipinski definition) is 2. The number of carbonyl (C=O) groups is 1. The fourth-order valence-corrected chi connectivity index (χ4v) is 2.44. The molecule has 1 atom stereocenters. The highest BCUT2D eigenvalue weighted by Gasteiger charge is 2.35. The SMILES string of the molecule is CSCC(C)CNC(=O)C1(N)CCOCC1. The molecule has 1 aliphatic heterocycles. The molecule has 16 heavy (non-hydrogen) atoms. The Hall–Kier alpha value is -0.260. The molecule has 0 aromatic heterocycles. The molecule has 1 fully saturated rings. The van der Waals surface area contributed by atoms with Crippen LogP contribution in [0.25, 0.3) is 0 Å². The lowest BCUT2D eigenvalue weighted by atomic mass is 9.90. The topological polar surface area (TPSA) is 64.4 Å². The first-order valence-corrected chi connectivity index (χ1v) is 7.12. The van der Waals surface area contributed by atoms with E-state index < -0.39 is 5.54 Å². The van der Waals surface area contributed by atoms with Crippen LogP contribution in [0.1, 0.15) is 19.8 Å². The molecule has 1 heterocycles. The number of nitrogens with two attached hydrogens (primary N) is 1. The molecule has 0 spiro atoms. The Morgan fingerprint density at radius 3 is 2.75 bits per heavy atom. The Balaban J connectivity index is 2.33. The Morgan fingerprint density at radius 2 is 2.19 bits per heavy atom. The number of thioether (sulfide) groups is 1. The maximum atomic E-state index is 11.9. The molecule has 0 saturated carbocycles. The molecule has 1 unspecified atom stereocenters. The smallest absolute Gasteiger partial charge is 0.240 e. The van der Waals surface area contributed by atoms with E-state index in [4.69, 9.17) is 10.5 Å². The zero-order chi connectivity index (χ0) is 12.0. The van der Waals surface area contributed by atoms with E-state index >= 15 is 0 Å². The van der Waals surface area contributed by atoms with Crippen molar-refractivity contribution < 1.29 is 9.53 Å². The molecule has 94 valence electrons. The highest BCUT2D eigenvalue weighted by atomic mass is 32.2. The van der Waals surface area contributed by atoms with Crippen molar-refractivity contribution in [3.8, 4) is 0 Å². The molecule has 1 amide bonds. The normalized spacial score (nSPS) is 21.4. The fourth-order valence-electron chi connectivity index (χ4n) is 1.75. The van der Waals surface area contributed by atoms with Crippen LogP contribution in [0, 0.1) is 5.92 Å². The molecule has 1 rings (SSSR count). The van der Waals surface area contributed by atoms with Gasteiger partial charge in [-0.2, -0.15) is 11.8 Å².